The van der Waals surface area contributed by atoms with Crippen molar-refractivity contribution in [2.24, 2.45) is 0 Å². The van der Waals surface area contributed by atoms with Crippen LogP contribution in [0.4, 0.5) is 5.95 Å². The highest BCUT2D eigenvalue weighted by atomic mass is 16.3. The van der Waals surface area contributed by atoms with Crippen molar-refractivity contribution in [3.05, 3.63) is 65.2 Å². The Morgan fingerprint density at radius 1 is 0.939 bits per heavy atom. The molecule has 1 atom stereocenters. The number of aryl methyl sites for hydroxylation is 3. The number of rotatable bonds is 3. The van der Waals surface area contributed by atoms with Crippen LogP contribution in [0.1, 0.15) is 47.8 Å². The highest BCUT2D eigenvalue weighted by Crippen LogP contribution is 2.37. The SMILES string of the molecule is Cc1ccc(C)c(C2CCc3nc4ccc(-c5cnc(N6CCC(O)CC6)nc5)nc4n32)c1. The fraction of sp³-hybridized carbons (Fsp3) is 0.385. The molecule has 2 aliphatic heterocycles. The third-order valence-corrected chi connectivity index (χ3v) is 7.04. The number of hydrogen-bond donors (Lipinski definition) is 1. The van der Waals surface area contributed by atoms with Gasteiger partial charge in [-0.2, -0.15) is 0 Å². The van der Waals surface area contributed by atoms with Crippen LogP contribution in [0.25, 0.3) is 22.4 Å². The number of anilines is 1. The summed E-state index contributed by atoms with van der Waals surface area (Å²) in [5.41, 5.74) is 7.58. The first-order chi connectivity index (χ1) is 16.1. The van der Waals surface area contributed by atoms with Crippen molar-refractivity contribution in [1.82, 2.24) is 24.5 Å². The Morgan fingerprint density at radius 3 is 2.52 bits per heavy atom. The molecule has 0 saturated carbocycles. The van der Waals surface area contributed by atoms with Gasteiger partial charge in [0.2, 0.25) is 5.95 Å². The first-order valence-corrected chi connectivity index (χ1v) is 11.8. The van der Waals surface area contributed by atoms with Crippen LogP contribution in [-0.4, -0.2) is 48.8 Å². The van der Waals surface area contributed by atoms with Crippen molar-refractivity contribution >= 4 is 17.1 Å². The number of pyridine rings is 1. The van der Waals surface area contributed by atoms with Crippen LogP contribution < -0.4 is 4.90 Å². The van der Waals surface area contributed by atoms with Gasteiger partial charge in [-0.1, -0.05) is 23.8 Å². The van der Waals surface area contributed by atoms with E-state index in [-0.39, 0.29) is 12.1 Å². The summed E-state index contributed by atoms with van der Waals surface area (Å²) in [5, 5.41) is 9.74. The summed E-state index contributed by atoms with van der Waals surface area (Å²) >= 11 is 0. The molecule has 1 N–H and O–H groups in total. The van der Waals surface area contributed by atoms with Crippen molar-refractivity contribution in [2.75, 3.05) is 18.0 Å². The fourth-order valence-corrected chi connectivity index (χ4v) is 5.18. The minimum Gasteiger partial charge on any atom is -0.393 e. The highest BCUT2D eigenvalue weighted by Gasteiger charge is 2.29. The predicted molar refractivity (Wildman–Crippen MR) is 128 cm³/mol. The second-order valence-corrected chi connectivity index (χ2v) is 9.34. The van der Waals surface area contributed by atoms with Gasteiger partial charge < -0.3 is 14.6 Å². The lowest BCUT2D eigenvalue weighted by Crippen LogP contribution is -2.36. The van der Waals surface area contributed by atoms with Crippen molar-refractivity contribution in [1.29, 1.82) is 0 Å². The van der Waals surface area contributed by atoms with Crippen LogP contribution in [0.5, 0.6) is 0 Å². The first kappa shape index (κ1) is 20.3. The summed E-state index contributed by atoms with van der Waals surface area (Å²) in [5.74, 6) is 1.83. The molecule has 3 aromatic heterocycles. The second-order valence-electron chi connectivity index (χ2n) is 9.34. The van der Waals surface area contributed by atoms with Gasteiger partial charge in [0, 0.05) is 37.5 Å². The van der Waals surface area contributed by atoms with Gasteiger partial charge in [0.25, 0.3) is 0 Å². The van der Waals surface area contributed by atoms with Crippen molar-refractivity contribution in [3.63, 3.8) is 0 Å². The van der Waals surface area contributed by atoms with E-state index in [1.165, 1.54) is 16.7 Å². The molecule has 0 bridgehead atoms. The maximum absolute atomic E-state index is 9.74. The molecule has 0 spiro atoms. The molecule has 33 heavy (non-hydrogen) atoms. The largest absolute Gasteiger partial charge is 0.393 e. The van der Waals surface area contributed by atoms with E-state index in [1.807, 2.05) is 18.5 Å². The maximum Gasteiger partial charge on any atom is 0.225 e. The Bertz CT molecular complexity index is 1320. The third-order valence-electron chi connectivity index (χ3n) is 7.04. The summed E-state index contributed by atoms with van der Waals surface area (Å²) in [4.78, 5) is 21.2. The molecular weight excluding hydrogens is 412 g/mol. The molecule has 5 heterocycles. The standard InChI is InChI=1S/C26H28N6O/c1-16-3-4-17(2)20(13-16)23-7-8-24-29-22-6-5-21(30-25(22)32(23)24)18-14-27-26(28-15-18)31-11-9-19(33)10-12-31/h3-6,13-15,19,23,33H,7-12H2,1-2H3. The topological polar surface area (TPSA) is 80.0 Å². The van der Waals surface area contributed by atoms with Gasteiger partial charge in [0.15, 0.2) is 5.65 Å². The molecule has 6 rings (SSSR count). The quantitative estimate of drug-likeness (QED) is 0.519. The molecule has 168 valence electrons. The fourth-order valence-electron chi connectivity index (χ4n) is 5.18. The first-order valence-electron chi connectivity index (χ1n) is 11.8. The lowest BCUT2D eigenvalue weighted by atomic mass is 9.97. The van der Waals surface area contributed by atoms with Gasteiger partial charge >= 0.3 is 0 Å². The monoisotopic (exact) mass is 440 g/mol. The summed E-state index contributed by atoms with van der Waals surface area (Å²) in [6, 6.07) is 11.0. The van der Waals surface area contributed by atoms with E-state index in [4.69, 9.17) is 9.97 Å². The molecule has 1 fully saturated rings. The number of aliphatic hydroxyl groups excluding tert-OH is 1. The second kappa shape index (κ2) is 7.92. The smallest absolute Gasteiger partial charge is 0.225 e. The van der Waals surface area contributed by atoms with Gasteiger partial charge in [0.1, 0.15) is 11.3 Å². The van der Waals surface area contributed by atoms with Crippen LogP contribution in [0.3, 0.4) is 0 Å². The Hall–Kier alpha value is -3.32. The Morgan fingerprint density at radius 2 is 1.73 bits per heavy atom. The van der Waals surface area contributed by atoms with Crippen LogP contribution in [0.2, 0.25) is 0 Å². The van der Waals surface area contributed by atoms with Gasteiger partial charge in [-0.15, -0.1) is 0 Å². The number of hydrogen-bond acceptors (Lipinski definition) is 6. The zero-order valence-corrected chi connectivity index (χ0v) is 19.1. The van der Waals surface area contributed by atoms with Crippen molar-refractivity contribution in [3.8, 4) is 11.3 Å². The molecule has 0 aliphatic carbocycles. The van der Waals surface area contributed by atoms with Crippen molar-refractivity contribution < 1.29 is 5.11 Å². The summed E-state index contributed by atoms with van der Waals surface area (Å²) in [6.07, 6.45) is 7.04. The van der Waals surface area contributed by atoms with Crippen LogP contribution in [0, 0.1) is 13.8 Å². The van der Waals surface area contributed by atoms with Gasteiger partial charge in [0.05, 0.1) is 17.8 Å². The number of piperidine rings is 1. The number of aromatic nitrogens is 5. The van der Waals surface area contributed by atoms with Gasteiger partial charge in [-0.05, 0) is 56.4 Å². The molecule has 7 heteroatoms. The third kappa shape index (κ3) is 3.56. The molecule has 4 aromatic rings. The van der Waals surface area contributed by atoms with Crippen molar-refractivity contribution in [2.45, 2.75) is 51.7 Å². The van der Waals surface area contributed by atoms with E-state index >= 15 is 0 Å². The number of nitrogens with zero attached hydrogens (tertiary/aromatic N) is 6. The average molecular weight is 441 g/mol. The zero-order valence-electron chi connectivity index (χ0n) is 19.1. The maximum atomic E-state index is 9.74. The molecule has 7 nitrogen and oxygen atoms in total. The normalized spacial score (nSPS) is 18.8. The summed E-state index contributed by atoms with van der Waals surface area (Å²) in [6.45, 7) is 5.91. The predicted octanol–water partition coefficient (Wildman–Crippen LogP) is 4.00. The minimum absolute atomic E-state index is 0.207. The van der Waals surface area contributed by atoms with Crippen LogP contribution in [-0.2, 0) is 6.42 Å². The van der Waals surface area contributed by atoms with Crippen LogP contribution >= 0.6 is 0 Å². The molecule has 1 saturated heterocycles. The van der Waals surface area contributed by atoms with Gasteiger partial charge in [-0.25, -0.2) is 19.9 Å². The van der Waals surface area contributed by atoms with E-state index in [1.54, 1.807) is 0 Å². The molecule has 2 aliphatic rings. The zero-order chi connectivity index (χ0) is 22.5. The average Bonchev–Trinajstić information content (AvgIpc) is 3.40. The lowest BCUT2D eigenvalue weighted by molar-refractivity contribution is 0.145. The minimum atomic E-state index is -0.207. The molecule has 1 aromatic carbocycles. The Labute approximate surface area is 193 Å². The number of benzene rings is 1. The van der Waals surface area contributed by atoms with E-state index < -0.39 is 0 Å². The summed E-state index contributed by atoms with van der Waals surface area (Å²) < 4.78 is 2.33. The molecule has 0 radical (unpaired) electrons. The van der Waals surface area contributed by atoms with E-state index in [0.29, 0.717) is 5.95 Å². The van der Waals surface area contributed by atoms with Gasteiger partial charge in [-0.3, -0.25) is 0 Å². The van der Waals surface area contributed by atoms with E-state index in [2.05, 4.69) is 57.5 Å². The molecule has 0 amide bonds. The lowest BCUT2D eigenvalue weighted by Gasteiger charge is -2.29. The number of imidazole rings is 1. The molecule has 1 unspecified atom stereocenters. The number of fused-ring (bicyclic) bond motifs is 3. The van der Waals surface area contributed by atoms with E-state index in [0.717, 1.165) is 67.0 Å². The Balaban J connectivity index is 1.35. The van der Waals surface area contributed by atoms with E-state index in [9.17, 15) is 5.11 Å². The molecular formula is C26H28N6O. The number of aliphatic hydroxyl groups is 1. The van der Waals surface area contributed by atoms with Crippen LogP contribution in [0.15, 0.2) is 42.7 Å². The summed E-state index contributed by atoms with van der Waals surface area (Å²) in [7, 11) is 0. The Kier molecular flexibility index (Phi) is 4.87. The highest BCUT2D eigenvalue weighted by molar-refractivity contribution is 5.76.